The lowest BCUT2D eigenvalue weighted by molar-refractivity contribution is 0.0342. The molecule has 2 heterocycles. The molecule has 3 N–H and O–H groups in total. The Bertz CT molecular complexity index is 1160. The van der Waals surface area contributed by atoms with E-state index in [9.17, 15) is 9.90 Å². The van der Waals surface area contributed by atoms with Crippen molar-refractivity contribution in [3.63, 3.8) is 0 Å². The number of carbonyl (C=O) groups is 1. The first-order chi connectivity index (χ1) is 17.8. The number of ether oxygens (including phenoxy) is 2. The molecule has 6 heteroatoms. The molecule has 5 rings (SSSR count). The molecule has 2 aromatic carbocycles. The molecule has 0 fully saturated rings. The molecular weight excluding hydrogens is 466 g/mol. The topological polar surface area (TPSA) is 88.0 Å². The number of aryl methyl sites for hydroxylation is 1. The molecule has 0 bridgehead atoms. The van der Waals surface area contributed by atoms with Crippen molar-refractivity contribution in [2.24, 2.45) is 0 Å². The Kier molecular flexibility index (Phi) is 8.72. The molecule has 0 radical (unpaired) electrons. The number of nitrogens with one attached hydrogen (secondary N) is 1. The third-order valence-corrected chi connectivity index (χ3v) is 7.75. The predicted molar refractivity (Wildman–Crippen MR) is 145 cm³/mol. The summed E-state index contributed by atoms with van der Waals surface area (Å²) in [6.07, 6.45) is 8.62. The lowest BCUT2D eigenvalue weighted by Gasteiger charge is -2.34. The van der Waals surface area contributed by atoms with Crippen LogP contribution in [-0.2, 0) is 23.0 Å². The van der Waals surface area contributed by atoms with Gasteiger partial charge >= 0.3 is 6.16 Å². The van der Waals surface area contributed by atoms with E-state index in [1.54, 1.807) is 0 Å². The van der Waals surface area contributed by atoms with Gasteiger partial charge in [-0.1, -0.05) is 67.1 Å². The van der Waals surface area contributed by atoms with Gasteiger partial charge in [-0.2, -0.15) is 0 Å². The second-order valence-electron chi connectivity index (χ2n) is 10.5. The van der Waals surface area contributed by atoms with E-state index in [-0.39, 0.29) is 18.1 Å². The normalized spacial score (nSPS) is 27.1. The Morgan fingerprint density at radius 2 is 1.97 bits per heavy atom. The molecule has 37 heavy (non-hydrogen) atoms. The zero-order chi connectivity index (χ0) is 26.4. The summed E-state index contributed by atoms with van der Waals surface area (Å²) in [7, 11) is 0. The predicted octanol–water partition coefficient (Wildman–Crippen LogP) is 5.50. The van der Waals surface area contributed by atoms with Crippen LogP contribution >= 0.6 is 0 Å². The Labute approximate surface area is 220 Å². The average Bonchev–Trinajstić information content (AvgIpc) is 3.17. The maximum atomic E-state index is 10.6. The molecule has 0 spiro atoms. The standard InChI is InChI=1S/C18H25NO2.C13H14O3/c1-12-6-4-9-15-16(12)18(3)10-11-19-13(2)7-5-8-14(20)17(18)21-15;14-13(15)16-8-7-10-5-6-11-3-1-2-4-12(11)9-10/h4-6,8-9,13-14,17,19-20H,7,10-11H2,1-3H3;1-5H,6-9H2,(H,14,15)/b8-5-;. The first-order valence-electron chi connectivity index (χ1n) is 13.2. The van der Waals surface area contributed by atoms with Crippen molar-refractivity contribution in [1.82, 2.24) is 5.32 Å². The van der Waals surface area contributed by atoms with Crippen molar-refractivity contribution in [3.05, 3.63) is 88.5 Å². The maximum Gasteiger partial charge on any atom is 0.505 e. The van der Waals surface area contributed by atoms with Gasteiger partial charge in [-0.25, -0.2) is 4.79 Å². The number of hydrogen-bond donors (Lipinski definition) is 3. The lowest BCUT2D eigenvalue weighted by Crippen LogP contribution is -2.46. The van der Waals surface area contributed by atoms with Crippen LogP contribution < -0.4 is 10.1 Å². The van der Waals surface area contributed by atoms with Crippen LogP contribution in [0.1, 0.15) is 55.4 Å². The number of benzene rings is 2. The molecule has 3 aliphatic rings. The highest BCUT2D eigenvalue weighted by atomic mass is 16.7. The molecule has 2 aliphatic heterocycles. The minimum Gasteiger partial charge on any atom is -0.486 e. The molecule has 1 aliphatic carbocycles. The Morgan fingerprint density at radius 3 is 2.76 bits per heavy atom. The fourth-order valence-electron chi connectivity index (χ4n) is 5.74. The summed E-state index contributed by atoms with van der Waals surface area (Å²) < 4.78 is 10.6. The average molecular weight is 506 g/mol. The van der Waals surface area contributed by atoms with Crippen molar-refractivity contribution in [2.45, 2.75) is 76.5 Å². The van der Waals surface area contributed by atoms with Crippen molar-refractivity contribution in [1.29, 1.82) is 0 Å². The van der Waals surface area contributed by atoms with E-state index >= 15 is 0 Å². The summed E-state index contributed by atoms with van der Waals surface area (Å²) in [5.41, 5.74) is 6.33. The first kappa shape index (κ1) is 27.0. The van der Waals surface area contributed by atoms with Crippen molar-refractivity contribution in [2.75, 3.05) is 13.2 Å². The van der Waals surface area contributed by atoms with Gasteiger partial charge in [-0.15, -0.1) is 0 Å². The fourth-order valence-corrected chi connectivity index (χ4v) is 5.74. The molecule has 198 valence electrons. The molecule has 0 saturated carbocycles. The molecule has 6 nitrogen and oxygen atoms in total. The molecule has 4 atom stereocenters. The molecular formula is C31H39NO5. The Morgan fingerprint density at radius 1 is 1.19 bits per heavy atom. The summed E-state index contributed by atoms with van der Waals surface area (Å²) in [6, 6.07) is 15.0. The van der Waals surface area contributed by atoms with Crippen LogP contribution in [0.3, 0.4) is 0 Å². The monoisotopic (exact) mass is 505 g/mol. The van der Waals surface area contributed by atoms with Gasteiger partial charge in [0.2, 0.25) is 0 Å². The van der Waals surface area contributed by atoms with Crippen LogP contribution in [0.25, 0.3) is 0 Å². The zero-order valence-electron chi connectivity index (χ0n) is 22.1. The van der Waals surface area contributed by atoms with Crippen LogP contribution in [-0.4, -0.2) is 47.8 Å². The van der Waals surface area contributed by atoms with Crippen molar-refractivity contribution < 1.29 is 24.5 Å². The van der Waals surface area contributed by atoms with Gasteiger partial charge in [-0.05, 0) is 68.8 Å². The highest BCUT2D eigenvalue weighted by Crippen LogP contribution is 2.48. The summed E-state index contributed by atoms with van der Waals surface area (Å²) >= 11 is 0. The third-order valence-electron chi connectivity index (χ3n) is 7.75. The summed E-state index contributed by atoms with van der Waals surface area (Å²) in [5.74, 6) is 0.933. The highest BCUT2D eigenvalue weighted by Gasteiger charge is 2.48. The van der Waals surface area contributed by atoms with Crippen LogP contribution in [0.5, 0.6) is 5.75 Å². The SMILES string of the molecule is Cc1cccc2c1C1(C)CCNC(C)C/C=C\C(O)C1O2.O=C(O)OCCC1=CCc2ccccc2C1. The van der Waals surface area contributed by atoms with Gasteiger partial charge in [-0.3, -0.25) is 0 Å². The Balaban J connectivity index is 0.000000180. The van der Waals surface area contributed by atoms with E-state index in [1.807, 2.05) is 30.3 Å². The quantitative estimate of drug-likeness (QED) is 0.377. The summed E-state index contributed by atoms with van der Waals surface area (Å²) in [6.45, 7) is 7.73. The second-order valence-corrected chi connectivity index (χ2v) is 10.5. The second kappa shape index (κ2) is 12.0. The third kappa shape index (κ3) is 6.43. The van der Waals surface area contributed by atoms with Crippen LogP contribution in [0, 0.1) is 6.92 Å². The minimum absolute atomic E-state index is 0.158. The van der Waals surface area contributed by atoms with E-state index < -0.39 is 12.3 Å². The van der Waals surface area contributed by atoms with E-state index in [4.69, 9.17) is 9.84 Å². The number of carboxylic acid groups (broad SMARTS) is 1. The zero-order valence-corrected chi connectivity index (χ0v) is 22.1. The summed E-state index contributed by atoms with van der Waals surface area (Å²) in [4.78, 5) is 10.2. The van der Waals surface area contributed by atoms with Gasteiger partial charge < -0.3 is 25.0 Å². The molecule has 4 unspecified atom stereocenters. The van der Waals surface area contributed by atoms with Crippen molar-refractivity contribution in [3.8, 4) is 5.75 Å². The van der Waals surface area contributed by atoms with Crippen LogP contribution in [0.4, 0.5) is 4.79 Å². The van der Waals surface area contributed by atoms with Crippen LogP contribution in [0.2, 0.25) is 0 Å². The smallest absolute Gasteiger partial charge is 0.486 e. The maximum absolute atomic E-state index is 10.6. The number of hydrogen-bond acceptors (Lipinski definition) is 5. The molecule has 0 saturated heterocycles. The number of fused-ring (bicyclic) bond motifs is 4. The van der Waals surface area contributed by atoms with Gasteiger partial charge in [0.15, 0.2) is 0 Å². The Hall–Kier alpha value is -3.09. The molecule has 0 amide bonds. The highest BCUT2D eigenvalue weighted by molar-refractivity contribution is 5.56. The first-order valence-corrected chi connectivity index (χ1v) is 13.2. The fraction of sp³-hybridized carbons (Fsp3) is 0.452. The van der Waals surface area contributed by atoms with E-state index in [1.165, 1.54) is 27.8 Å². The number of aliphatic hydroxyl groups excluding tert-OH is 1. The number of allylic oxidation sites excluding steroid dienone is 1. The van der Waals surface area contributed by atoms with E-state index in [2.05, 4.69) is 61.2 Å². The molecule has 2 aromatic rings. The largest absolute Gasteiger partial charge is 0.505 e. The summed E-state index contributed by atoms with van der Waals surface area (Å²) in [5, 5.41) is 22.5. The van der Waals surface area contributed by atoms with Crippen molar-refractivity contribution >= 4 is 6.16 Å². The lowest BCUT2D eigenvalue weighted by atomic mass is 9.72. The van der Waals surface area contributed by atoms with Gasteiger partial charge in [0.05, 0.1) is 6.61 Å². The van der Waals surface area contributed by atoms with Gasteiger partial charge in [0.1, 0.15) is 18.0 Å². The molecule has 0 aromatic heterocycles. The number of rotatable bonds is 3. The van der Waals surface area contributed by atoms with Gasteiger partial charge in [0.25, 0.3) is 0 Å². The van der Waals surface area contributed by atoms with E-state index in [0.717, 1.165) is 38.0 Å². The minimum atomic E-state index is -1.20. The van der Waals surface area contributed by atoms with Gasteiger partial charge in [0, 0.05) is 23.4 Å². The van der Waals surface area contributed by atoms with E-state index in [0.29, 0.717) is 12.5 Å². The van der Waals surface area contributed by atoms with Crippen LogP contribution in [0.15, 0.2) is 66.3 Å². The number of aliphatic hydroxyl groups is 1.